The maximum atomic E-state index is 5.78. The molecule has 0 spiro atoms. The van der Waals surface area contributed by atoms with Crippen LogP contribution in [0, 0.1) is 0 Å². The molecule has 3 heteroatoms. The zero-order chi connectivity index (χ0) is 9.80. The topological polar surface area (TPSA) is 13.1 Å². The second kappa shape index (κ2) is 4.58. The Morgan fingerprint density at radius 2 is 1.93 bits per heavy atom. The smallest absolute Gasteiger partial charge is 0.113 e. The standard InChI is InChI=1S/C11H9ClOS/c12-9-3-5-11(6-4-9)14-8-10-2-1-7-13-10/h1-7H,8H2. The Kier molecular flexibility index (Phi) is 3.17. The van der Waals surface area contributed by atoms with Gasteiger partial charge in [-0.25, -0.2) is 0 Å². The molecule has 1 heterocycles. The highest BCUT2D eigenvalue weighted by molar-refractivity contribution is 7.98. The van der Waals surface area contributed by atoms with Crippen LogP contribution in [0.2, 0.25) is 5.02 Å². The van der Waals surface area contributed by atoms with Gasteiger partial charge in [0.1, 0.15) is 5.76 Å². The van der Waals surface area contributed by atoms with Gasteiger partial charge in [-0.05, 0) is 36.4 Å². The monoisotopic (exact) mass is 224 g/mol. The maximum Gasteiger partial charge on any atom is 0.113 e. The van der Waals surface area contributed by atoms with Crippen molar-refractivity contribution in [1.29, 1.82) is 0 Å². The molecule has 0 unspecified atom stereocenters. The first-order valence-corrected chi connectivity index (χ1v) is 5.62. The van der Waals surface area contributed by atoms with E-state index in [4.69, 9.17) is 16.0 Å². The molecular weight excluding hydrogens is 216 g/mol. The van der Waals surface area contributed by atoms with E-state index < -0.39 is 0 Å². The predicted molar refractivity (Wildman–Crippen MR) is 59.7 cm³/mol. The van der Waals surface area contributed by atoms with Crippen molar-refractivity contribution in [1.82, 2.24) is 0 Å². The normalized spacial score (nSPS) is 10.4. The summed E-state index contributed by atoms with van der Waals surface area (Å²) in [6, 6.07) is 11.7. The third kappa shape index (κ3) is 2.56. The van der Waals surface area contributed by atoms with Gasteiger partial charge in [0.2, 0.25) is 0 Å². The van der Waals surface area contributed by atoms with Crippen LogP contribution < -0.4 is 0 Å². The van der Waals surface area contributed by atoms with Gasteiger partial charge in [-0.3, -0.25) is 0 Å². The molecule has 72 valence electrons. The van der Waals surface area contributed by atoms with E-state index in [-0.39, 0.29) is 0 Å². The summed E-state index contributed by atoms with van der Waals surface area (Å²) in [7, 11) is 0. The van der Waals surface area contributed by atoms with Crippen molar-refractivity contribution >= 4 is 23.4 Å². The van der Waals surface area contributed by atoms with Gasteiger partial charge in [-0.2, -0.15) is 0 Å². The molecule has 2 rings (SSSR count). The number of furan rings is 1. The molecule has 0 aliphatic heterocycles. The molecule has 1 nitrogen and oxygen atoms in total. The minimum absolute atomic E-state index is 0.771. The molecule has 0 bridgehead atoms. The Hall–Kier alpha value is -0.860. The van der Waals surface area contributed by atoms with Crippen molar-refractivity contribution < 1.29 is 4.42 Å². The molecule has 0 aliphatic carbocycles. The third-order valence-electron chi connectivity index (χ3n) is 1.77. The molecule has 0 aliphatic rings. The fourth-order valence-corrected chi connectivity index (χ4v) is 2.01. The summed E-state index contributed by atoms with van der Waals surface area (Å²) in [6.07, 6.45) is 1.69. The predicted octanol–water partition coefficient (Wildman–Crippen LogP) is 4.23. The van der Waals surface area contributed by atoms with Crippen LogP contribution in [0.5, 0.6) is 0 Å². The SMILES string of the molecule is Clc1ccc(SCc2ccco2)cc1. The average molecular weight is 225 g/mol. The first kappa shape index (κ1) is 9.69. The zero-order valence-corrected chi connectivity index (χ0v) is 9.02. The van der Waals surface area contributed by atoms with Gasteiger partial charge in [0.05, 0.1) is 12.0 Å². The quantitative estimate of drug-likeness (QED) is 0.724. The highest BCUT2D eigenvalue weighted by atomic mass is 35.5. The van der Waals surface area contributed by atoms with Crippen LogP contribution >= 0.6 is 23.4 Å². The van der Waals surface area contributed by atoms with Crippen LogP contribution in [-0.2, 0) is 5.75 Å². The third-order valence-corrected chi connectivity index (χ3v) is 3.06. The summed E-state index contributed by atoms with van der Waals surface area (Å²) in [5, 5.41) is 0.771. The minimum Gasteiger partial charge on any atom is -0.468 e. The van der Waals surface area contributed by atoms with Crippen LogP contribution in [0.1, 0.15) is 5.76 Å². The van der Waals surface area contributed by atoms with Crippen LogP contribution in [0.15, 0.2) is 52.0 Å². The number of halogens is 1. The van der Waals surface area contributed by atoms with Gasteiger partial charge >= 0.3 is 0 Å². The molecule has 0 fully saturated rings. The first-order chi connectivity index (χ1) is 6.84. The van der Waals surface area contributed by atoms with Gasteiger partial charge in [-0.1, -0.05) is 11.6 Å². The average Bonchev–Trinajstić information content (AvgIpc) is 2.70. The Labute approximate surface area is 92.1 Å². The summed E-state index contributed by atoms with van der Waals surface area (Å²) in [6.45, 7) is 0. The summed E-state index contributed by atoms with van der Waals surface area (Å²) < 4.78 is 5.23. The Morgan fingerprint density at radius 3 is 2.57 bits per heavy atom. The van der Waals surface area contributed by atoms with E-state index in [0.29, 0.717) is 0 Å². The van der Waals surface area contributed by atoms with Crippen LogP contribution in [0.3, 0.4) is 0 Å². The number of hydrogen-bond acceptors (Lipinski definition) is 2. The van der Waals surface area contributed by atoms with E-state index in [0.717, 1.165) is 16.5 Å². The van der Waals surface area contributed by atoms with Gasteiger partial charge in [-0.15, -0.1) is 11.8 Å². The van der Waals surface area contributed by atoms with Crippen molar-refractivity contribution in [2.45, 2.75) is 10.6 Å². The van der Waals surface area contributed by atoms with Crippen molar-refractivity contribution in [2.75, 3.05) is 0 Å². The molecule has 0 atom stereocenters. The van der Waals surface area contributed by atoms with Gasteiger partial charge in [0.15, 0.2) is 0 Å². The van der Waals surface area contributed by atoms with Crippen LogP contribution in [0.25, 0.3) is 0 Å². The van der Waals surface area contributed by atoms with E-state index >= 15 is 0 Å². The van der Waals surface area contributed by atoms with E-state index in [9.17, 15) is 0 Å². The molecule has 0 radical (unpaired) electrons. The summed E-state index contributed by atoms with van der Waals surface area (Å²) in [5.74, 6) is 1.85. The number of thioether (sulfide) groups is 1. The minimum atomic E-state index is 0.771. The lowest BCUT2D eigenvalue weighted by atomic mass is 10.4. The van der Waals surface area contributed by atoms with E-state index in [2.05, 4.69) is 0 Å². The molecule has 2 aromatic rings. The largest absolute Gasteiger partial charge is 0.468 e. The number of rotatable bonds is 3. The second-order valence-electron chi connectivity index (χ2n) is 2.82. The van der Waals surface area contributed by atoms with Crippen LogP contribution in [-0.4, -0.2) is 0 Å². The van der Waals surface area contributed by atoms with E-state index in [1.807, 2.05) is 36.4 Å². The first-order valence-electron chi connectivity index (χ1n) is 4.25. The van der Waals surface area contributed by atoms with Crippen molar-refractivity contribution in [2.24, 2.45) is 0 Å². The molecule has 0 saturated heterocycles. The fraction of sp³-hybridized carbons (Fsp3) is 0.0909. The molecule has 1 aromatic heterocycles. The van der Waals surface area contributed by atoms with E-state index in [1.54, 1.807) is 18.0 Å². The molecule has 1 aromatic carbocycles. The zero-order valence-electron chi connectivity index (χ0n) is 7.44. The van der Waals surface area contributed by atoms with Gasteiger partial charge in [0.25, 0.3) is 0 Å². The van der Waals surface area contributed by atoms with Crippen LogP contribution in [0.4, 0.5) is 0 Å². The summed E-state index contributed by atoms with van der Waals surface area (Å²) in [4.78, 5) is 1.20. The summed E-state index contributed by atoms with van der Waals surface area (Å²) >= 11 is 7.52. The van der Waals surface area contributed by atoms with Crippen molar-refractivity contribution in [3.8, 4) is 0 Å². The molecule has 0 N–H and O–H groups in total. The molecule has 14 heavy (non-hydrogen) atoms. The molecular formula is C11H9ClOS. The second-order valence-corrected chi connectivity index (χ2v) is 4.31. The van der Waals surface area contributed by atoms with E-state index in [1.165, 1.54) is 4.90 Å². The Balaban J connectivity index is 1.95. The molecule has 0 amide bonds. The summed E-state index contributed by atoms with van der Waals surface area (Å²) in [5.41, 5.74) is 0. The highest BCUT2D eigenvalue weighted by Crippen LogP contribution is 2.24. The Morgan fingerprint density at radius 1 is 1.14 bits per heavy atom. The van der Waals surface area contributed by atoms with Gasteiger partial charge < -0.3 is 4.42 Å². The lowest BCUT2D eigenvalue weighted by Crippen LogP contribution is -1.75. The lowest BCUT2D eigenvalue weighted by Gasteiger charge is -1.98. The van der Waals surface area contributed by atoms with Crippen molar-refractivity contribution in [3.63, 3.8) is 0 Å². The molecule has 0 saturated carbocycles. The fourth-order valence-electron chi connectivity index (χ4n) is 1.08. The van der Waals surface area contributed by atoms with Gasteiger partial charge in [0, 0.05) is 9.92 Å². The number of hydrogen-bond donors (Lipinski definition) is 0. The highest BCUT2D eigenvalue weighted by Gasteiger charge is 1.97. The number of benzene rings is 1. The lowest BCUT2D eigenvalue weighted by molar-refractivity contribution is 0.530. The Bertz CT molecular complexity index is 380. The maximum absolute atomic E-state index is 5.78. The van der Waals surface area contributed by atoms with Crippen molar-refractivity contribution in [3.05, 3.63) is 53.4 Å².